The van der Waals surface area contributed by atoms with Gasteiger partial charge in [-0.15, -0.1) is 0 Å². The van der Waals surface area contributed by atoms with Crippen LogP contribution in [0.25, 0.3) is 0 Å². The minimum Gasteiger partial charge on any atom is -0.296 e. The number of carbonyl (C=O) groups excluding carboxylic acids is 2. The standard InChI is InChI=1S/C14H23NO2S/c1-4-5-10-12(17)15-11(16)8-14(10)9-18-7-6-13(14,2)3/h10H,4-9H2,1-3H3,(H,15,16,17). The Morgan fingerprint density at radius 3 is 2.72 bits per heavy atom. The number of rotatable bonds is 2. The molecule has 0 bridgehead atoms. The van der Waals surface area contributed by atoms with Crippen molar-refractivity contribution in [2.75, 3.05) is 11.5 Å². The molecule has 18 heavy (non-hydrogen) atoms. The van der Waals surface area contributed by atoms with Crippen molar-refractivity contribution in [2.24, 2.45) is 16.7 Å². The summed E-state index contributed by atoms with van der Waals surface area (Å²) in [5.74, 6) is 1.97. The van der Waals surface area contributed by atoms with Crippen LogP contribution in [-0.2, 0) is 9.59 Å². The van der Waals surface area contributed by atoms with Crippen LogP contribution in [-0.4, -0.2) is 23.3 Å². The highest BCUT2D eigenvalue weighted by molar-refractivity contribution is 7.99. The van der Waals surface area contributed by atoms with Crippen molar-refractivity contribution >= 4 is 23.6 Å². The molecule has 1 spiro atoms. The lowest BCUT2D eigenvalue weighted by atomic mass is 9.54. The first-order valence-corrected chi connectivity index (χ1v) is 8.00. The number of hydrogen-bond donors (Lipinski definition) is 1. The van der Waals surface area contributed by atoms with Gasteiger partial charge in [0, 0.05) is 23.5 Å². The summed E-state index contributed by atoms with van der Waals surface area (Å²) < 4.78 is 0. The maximum absolute atomic E-state index is 12.2. The van der Waals surface area contributed by atoms with Crippen molar-refractivity contribution in [2.45, 2.75) is 46.5 Å². The van der Waals surface area contributed by atoms with Crippen molar-refractivity contribution in [3.63, 3.8) is 0 Å². The number of amides is 2. The topological polar surface area (TPSA) is 46.2 Å². The Morgan fingerprint density at radius 1 is 1.39 bits per heavy atom. The van der Waals surface area contributed by atoms with Crippen LogP contribution in [0.1, 0.15) is 46.5 Å². The molecule has 2 rings (SSSR count). The van der Waals surface area contributed by atoms with Gasteiger partial charge in [0.1, 0.15) is 0 Å². The molecule has 0 aliphatic carbocycles. The van der Waals surface area contributed by atoms with E-state index < -0.39 is 0 Å². The monoisotopic (exact) mass is 269 g/mol. The molecule has 1 N–H and O–H groups in total. The molecule has 4 heteroatoms. The molecule has 0 aromatic heterocycles. The lowest BCUT2D eigenvalue weighted by Gasteiger charge is -2.55. The lowest BCUT2D eigenvalue weighted by Crippen LogP contribution is -2.60. The van der Waals surface area contributed by atoms with Crippen LogP contribution in [0.4, 0.5) is 0 Å². The van der Waals surface area contributed by atoms with Crippen LogP contribution in [0, 0.1) is 16.7 Å². The van der Waals surface area contributed by atoms with E-state index in [1.165, 1.54) is 0 Å². The normalized spacial score (nSPS) is 35.6. The Morgan fingerprint density at radius 2 is 2.11 bits per heavy atom. The number of hydrogen-bond acceptors (Lipinski definition) is 3. The van der Waals surface area contributed by atoms with E-state index in [9.17, 15) is 9.59 Å². The third kappa shape index (κ3) is 2.09. The first kappa shape index (κ1) is 13.9. The highest BCUT2D eigenvalue weighted by Gasteiger charge is 2.57. The van der Waals surface area contributed by atoms with Crippen molar-refractivity contribution in [1.82, 2.24) is 5.32 Å². The summed E-state index contributed by atoms with van der Waals surface area (Å²) in [6.45, 7) is 6.59. The molecule has 3 nitrogen and oxygen atoms in total. The van der Waals surface area contributed by atoms with Gasteiger partial charge in [0.25, 0.3) is 0 Å². The summed E-state index contributed by atoms with van der Waals surface area (Å²) in [4.78, 5) is 24.1. The largest absolute Gasteiger partial charge is 0.296 e. The third-order valence-corrected chi connectivity index (χ3v) is 6.09. The Hall–Kier alpha value is -0.510. The van der Waals surface area contributed by atoms with E-state index in [0.29, 0.717) is 6.42 Å². The summed E-state index contributed by atoms with van der Waals surface area (Å²) in [5.41, 5.74) is -0.0587. The molecule has 2 saturated heterocycles. The molecule has 2 amide bonds. The van der Waals surface area contributed by atoms with E-state index in [4.69, 9.17) is 0 Å². The Labute approximate surface area is 113 Å². The van der Waals surface area contributed by atoms with Crippen LogP contribution in [0.2, 0.25) is 0 Å². The molecule has 102 valence electrons. The van der Waals surface area contributed by atoms with Gasteiger partial charge in [-0.05, 0) is 24.0 Å². The van der Waals surface area contributed by atoms with Gasteiger partial charge in [0.05, 0.1) is 0 Å². The zero-order chi connectivity index (χ0) is 13.4. The first-order valence-electron chi connectivity index (χ1n) is 6.84. The zero-order valence-corrected chi connectivity index (χ0v) is 12.4. The minimum absolute atomic E-state index is 0.00278. The van der Waals surface area contributed by atoms with Gasteiger partial charge in [-0.25, -0.2) is 0 Å². The average molecular weight is 269 g/mol. The second-order valence-electron chi connectivity index (χ2n) is 6.27. The summed E-state index contributed by atoms with van der Waals surface area (Å²) in [7, 11) is 0. The van der Waals surface area contributed by atoms with Gasteiger partial charge in [0.2, 0.25) is 11.8 Å². The smallest absolute Gasteiger partial charge is 0.230 e. The minimum atomic E-state index is -0.134. The number of imide groups is 1. The fraction of sp³-hybridized carbons (Fsp3) is 0.857. The number of nitrogens with one attached hydrogen (secondary N) is 1. The molecule has 2 atom stereocenters. The molecule has 0 saturated carbocycles. The summed E-state index contributed by atoms with van der Waals surface area (Å²) >= 11 is 1.90. The van der Waals surface area contributed by atoms with Crippen molar-refractivity contribution in [3.8, 4) is 0 Å². The van der Waals surface area contributed by atoms with Gasteiger partial charge in [-0.1, -0.05) is 27.2 Å². The molecule has 0 aromatic rings. The highest BCUT2D eigenvalue weighted by Crippen LogP contribution is 2.57. The van der Waals surface area contributed by atoms with E-state index in [0.717, 1.165) is 30.8 Å². The summed E-state index contributed by atoms with van der Waals surface area (Å²) in [6, 6.07) is 0. The molecular formula is C14H23NO2S. The van der Waals surface area contributed by atoms with Crippen LogP contribution in [0.3, 0.4) is 0 Å². The summed E-state index contributed by atoms with van der Waals surface area (Å²) in [5, 5.41) is 2.54. The fourth-order valence-corrected chi connectivity index (χ4v) is 5.37. The second kappa shape index (κ2) is 4.87. The highest BCUT2D eigenvalue weighted by atomic mass is 32.2. The maximum Gasteiger partial charge on any atom is 0.230 e. The summed E-state index contributed by atoms with van der Waals surface area (Å²) in [6.07, 6.45) is 3.50. The first-order chi connectivity index (χ1) is 8.43. The van der Waals surface area contributed by atoms with E-state index in [1.807, 2.05) is 11.8 Å². The predicted octanol–water partition coefficient (Wildman–Crippen LogP) is 2.60. The van der Waals surface area contributed by atoms with Crippen LogP contribution in [0.15, 0.2) is 0 Å². The third-order valence-electron chi connectivity index (χ3n) is 4.88. The quantitative estimate of drug-likeness (QED) is 0.784. The Bertz CT molecular complexity index is 367. The Balaban J connectivity index is 2.40. The van der Waals surface area contributed by atoms with Gasteiger partial charge < -0.3 is 0 Å². The van der Waals surface area contributed by atoms with E-state index >= 15 is 0 Å². The predicted molar refractivity (Wildman–Crippen MR) is 74.3 cm³/mol. The molecular weight excluding hydrogens is 246 g/mol. The number of carbonyl (C=O) groups is 2. The van der Waals surface area contributed by atoms with Crippen LogP contribution in [0.5, 0.6) is 0 Å². The van der Waals surface area contributed by atoms with Crippen LogP contribution < -0.4 is 5.32 Å². The van der Waals surface area contributed by atoms with Gasteiger partial charge in [0.15, 0.2) is 0 Å². The lowest BCUT2D eigenvalue weighted by molar-refractivity contribution is -0.150. The van der Waals surface area contributed by atoms with Gasteiger partial charge >= 0.3 is 0 Å². The van der Waals surface area contributed by atoms with E-state index in [1.54, 1.807) is 0 Å². The zero-order valence-electron chi connectivity index (χ0n) is 11.5. The average Bonchev–Trinajstić information content (AvgIpc) is 2.27. The molecule has 2 aliphatic rings. The Kier molecular flexibility index (Phi) is 3.77. The second-order valence-corrected chi connectivity index (χ2v) is 7.38. The fourth-order valence-electron chi connectivity index (χ4n) is 3.51. The molecule has 2 unspecified atom stereocenters. The molecule has 2 heterocycles. The van der Waals surface area contributed by atoms with E-state index in [2.05, 4.69) is 26.1 Å². The SMILES string of the molecule is CCCC1C(=O)NC(=O)CC12CSCCC2(C)C. The number of piperidine rings is 1. The van der Waals surface area contributed by atoms with Crippen LogP contribution >= 0.6 is 11.8 Å². The molecule has 2 fully saturated rings. The molecule has 2 aliphatic heterocycles. The number of thioether (sulfide) groups is 1. The van der Waals surface area contributed by atoms with E-state index in [-0.39, 0.29) is 28.6 Å². The maximum atomic E-state index is 12.2. The van der Waals surface area contributed by atoms with Crippen molar-refractivity contribution in [1.29, 1.82) is 0 Å². The van der Waals surface area contributed by atoms with Gasteiger partial charge in [-0.3, -0.25) is 14.9 Å². The molecule has 0 aromatic carbocycles. The van der Waals surface area contributed by atoms with Crippen molar-refractivity contribution in [3.05, 3.63) is 0 Å². The molecule has 0 radical (unpaired) electrons. The van der Waals surface area contributed by atoms with Crippen molar-refractivity contribution < 1.29 is 9.59 Å². The van der Waals surface area contributed by atoms with Gasteiger partial charge in [-0.2, -0.15) is 11.8 Å².